The van der Waals surface area contributed by atoms with Gasteiger partial charge in [-0.3, -0.25) is 9.59 Å². The van der Waals surface area contributed by atoms with Crippen molar-refractivity contribution < 1.29 is 19.1 Å². The third kappa shape index (κ3) is 3.10. The van der Waals surface area contributed by atoms with Crippen LogP contribution in [0.3, 0.4) is 0 Å². The van der Waals surface area contributed by atoms with E-state index in [0.29, 0.717) is 31.9 Å². The number of carbonyl (C=O) groups excluding carboxylic acids is 3. The zero-order valence-corrected chi connectivity index (χ0v) is 14.1. The predicted octanol–water partition coefficient (Wildman–Crippen LogP) is 0.546. The van der Waals surface area contributed by atoms with Crippen LogP contribution in [0.2, 0.25) is 0 Å². The molecule has 3 rings (SSSR count). The lowest BCUT2D eigenvalue weighted by molar-refractivity contribution is -0.141. The maximum Gasteiger partial charge on any atom is 0.417 e. The van der Waals surface area contributed by atoms with E-state index < -0.39 is 17.7 Å². The number of rotatable bonds is 1. The molecule has 2 aliphatic heterocycles. The zero-order chi connectivity index (χ0) is 17.5. The van der Waals surface area contributed by atoms with Gasteiger partial charge in [0.2, 0.25) is 11.8 Å². The Labute approximate surface area is 139 Å². The van der Waals surface area contributed by atoms with Gasteiger partial charge in [0.05, 0.1) is 6.54 Å². The molecule has 3 amide bonds. The van der Waals surface area contributed by atoms with Crippen molar-refractivity contribution in [3.05, 3.63) is 12.2 Å². The van der Waals surface area contributed by atoms with Crippen LogP contribution in [0, 0.1) is 0 Å². The van der Waals surface area contributed by atoms with Crippen LogP contribution in [0.25, 0.3) is 0 Å². The Morgan fingerprint density at radius 1 is 1.29 bits per heavy atom. The molecule has 130 valence electrons. The van der Waals surface area contributed by atoms with Crippen LogP contribution in [0.5, 0.6) is 0 Å². The minimum Gasteiger partial charge on any atom is -0.443 e. The molecule has 9 heteroatoms. The van der Waals surface area contributed by atoms with Crippen LogP contribution in [0.4, 0.5) is 4.79 Å². The van der Waals surface area contributed by atoms with Crippen molar-refractivity contribution in [2.24, 2.45) is 0 Å². The highest BCUT2D eigenvalue weighted by Gasteiger charge is 2.44. The SMILES string of the molecule is CC(C)(C)OC(=O)N1C(=O)CCC1C(=O)N1CCn2cnnc2C1. The second kappa shape index (κ2) is 5.88. The highest BCUT2D eigenvalue weighted by molar-refractivity contribution is 6.00. The van der Waals surface area contributed by atoms with Gasteiger partial charge in [0.1, 0.15) is 18.0 Å². The fourth-order valence-electron chi connectivity index (χ4n) is 2.92. The van der Waals surface area contributed by atoms with E-state index in [0.717, 1.165) is 4.90 Å². The monoisotopic (exact) mass is 335 g/mol. The molecule has 24 heavy (non-hydrogen) atoms. The number of fused-ring (bicyclic) bond motifs is 1. The largest absolute Gasteiger partial charge is 0.443 e. The van der Waals surface area contributed by atoms with E-state index in [1.165, 1.54) is 0 Å². The van der Waals surface area contributed by atoms with Crippen LogP contribution in [0.15, 0.2) is 6.33 Å². The van der Waals surface area contributed by atoms with E-state index in [2.05, 4.69) is 10.2 Å². The number of carbonyl (C=O) groups is 3. The first-order valence-electron chi connectivity index (χ1n) is 7.97. The van der Waals surface area contributed by atoms with E-state index >= 15 is 0 Å². The summed E-state index contributed by atoms with van der Waals surface area (Å²) in [5, 5.41) is 7.81. The van der Waals surface area contributed by atoms with E-state index in [9.17, 15) is 14.4 Å². The molecule has 1 saturated heterocycles. The van der Waals surface area contributed by atoms with Gasteiger partial charge in [0.25, 0.3) is 0 Å². The number of hydrogen-bond acceptors (Lipinski definition) is 6. The maximum atomic E-state index is 12.8. The number of hydrogen-bond donors (Lipinski definition) is 0. The minimum atomic E-state index is -0.804. The Hall–Kier alpha value is -2.45. The van der Waals surface area contributed by atoms with Crippen molar-refractivity contribution in [2.75, 3.05) is 6.54 Å². The second-order valence-corrected chi connectivity index (χ2v) is 7.00. The second-order valence-electron chi connectivity index (χ2n) is 7.00. The quantitative estimate of drug-likeness (QED) is 0.743. The molecule has 1 aromatic heterocycles. The molecule has 9 nitrogen and oxygen atoms in total. The van der Waals surface area contributed by atoms with Crippen LogP contribution in [-0.4, -0.2) is 60.7 Å². The number of amides is 3. The lowest BCUT2D eigenvalue weighted by Gasteiger charge is -2.32. The summed E-state index contributed by atoms with van der Waals surface area (Å²) in [5.74, 6) is 0.0754. The maximum absolute atomic E-state index is 12.8. The molecule has 2 aliphatic rings. The molecule has 0 spiro atoms. The predicted molar refractivity (Wildman–Crippen MR) is 81.5 cm³/mol. The summed E-state index contributed by atoms with van der Waals surface area (Å²) in [6, 6.07) is -0.804. The van der Waals surface area contributed by atoms with Gasteiger partial charge in [-0.05, 0) is 27.2 Å². The van der Waals surface area contributed by atoms with Crippen LogP contribution in [0.1, 0.15) is 39.4 Å². The van der Waals surface area contributed by atoms with Crippen molar-refractivity contribution in [1.82, 2.24) is 24.6 Å². The average molecular weight is 335 g/mol. The van der Waals surface area contributed by atoms with E-state index in [-0.39, 0.29) is 18.2 Å². The van der Waals surface area contributed by atoms with Crippen molar-refractivity contribution in [3.63, 3.8) is 0 Å². The average Bonchev–Trinajstić information content (AvgIpc) is 3.09. The summed E-state index contributed by atoms with van der Waals surface area (Å²) in [6.07, 6.45) is 1.35. The molecule has 0 aromatic carbocycles. The molecule has 0 saturated carbocycles. The Bertz CT molecular complexity index is 678. The molecule has 1 unspecified atom stereocenters. The first kappa shape index (κ1) is 16.4. The van der Waals surface area contributed by atoms with Crippen molar-refractivity contribution in [3.8, 4) is 0 Å². The number of likely N-dealkylation sites (tertiary alicyclic amines) is 1. The van der Waals surface area contributed by atoms with E-state index in [4.69, 9.17) is 4.74 Å². The van der Waals surface area contributed by atoms with Gasteiger partial charge in [0.15, 0.2) is 5.82 Å². The van der Waals surface area contributed by atoms with Gasteiger partial charge in [0, 0.05) is 19.5 Å². The van der Waals surface area contributed by atoms with Crippen molar-refractivity contribution in [1.29, 1.82) is 0 Å². The van der Waals surface area contributed by atoms with Gasteiger partial charge in [-0.2, -0.15) is 0 Å². The van der Waals surface area contributed by atoms with Gasteiger partial charge >= 0.3 is 6.09 Å². The molecular weight excluding hydrogens is 314 g/mol. The summed E-state index contributed by atoms with van der Waals surface area (Å²) in [4.78, 5) is 39.8. The van der Waals surface area contributed by atoms with Gasteiger partial charge in [-0.1, -0.05) is 0 Å². The molecule has 1 fully saturated rings. The Balaban J connectivity index is 1.74. The number of imide groups is 1. The molecule has 0 N–H and O–H groups in total. The van der Waals surface area contributed by atoms with Crippen molar-refractivity contribution in [2.45, 2.75) is 58.3 Å². The molecular formula is C15H21N5O4. The topological polar surface area (TPSA) is 97.6 Å². The molecule has 0 bridgehead atoms. The first-order chi connectivity index (χ1) is 11.3. The molecule has 3 heterocycles. The fourth-order valence-corrected chi connectivity index (χ4v) is 2.92. The molecule has 1 atom stereocenters. The Morgan fingerprint density at radius 3 is 2.75 bits per heavy atom. The molecule has 0 radical (unpaired) electrons. The van der Waals surface area contributed by atoms with Crippen LogP contribution in [-0.2, 0) is 27.4 Å². The summed E-state index contributed by atoms with van der Waals surface area (Å²) in [6.45, 7) is 6.59. The minimum absolute atomic E-state index is 0.166. The van der Waals surface area contributed by atoms with E-state index in [1.54, 1.807) is 32.0 Å². The fraction of sp³-hybridized carbons (Fsp3) is 0.667. The van der Waals surface area contributed by atoms with Crippen LogP contribution < -0.4 is 0 Å². The van der Waals surface area contributed by atoms with Crippen molar-refractivity contribution >= 4 is 17.9 Å². The van der Waals surface area contributed by atoms with Gasteiger partial charge in [-0.15, -0.1) is 10.2 Å². The number of ether oxygens (including phenoxy) is 1. The first-order valence-corrected chi connectivity index (χ1v) is 7.97. The smallest absolute Gasteiger partial charge is 0.417 e. The van der Waals surface area contributed by atoms with Gasteiger partial charge < -0.3 is 14.2 Å². The Kier molecular flexibility index (Phi) is 4.02. The molecule has 1 aromatic rings. The normalized spacial score (nSPS) is 21.0. The highest BCUT2D eigenvalue weighted by Crippen LogP contribution is 2.25. The summed E-state index contributed by atoms with van der Waals surface area (Å²) in [5.41, 5.74) is -0.727. The zero-order valence-electron chi connectivity index (χ0n) is 14.1. The lowest BCUT2D eigenvalue weighted by Crippen LogP contribution is -2.51. The third-order valence-electron chi connectivity index (χ3n) is 4.04. The van der Waals surface area contributed by atoms with E-state index in [1.807, 2.05) is 4.57 Å². The standard InChI is InChI=1S/C15H21N5O4/c1-15(2,3)24-14(23)20-10(4-5-12(20)21)13(22)18-6-7-19-9-16-17-11(19)8-18/h9-10H,4-8H2,1-3H3. The van der Waals surface area contributed by atoms with Gasteiger partial charge in [-0.25, -0.2) is 9.69 Å². The lowest BCUT2D eigenvalue weighted by atomic mass is 10.1. The number of nitrogens with zero attached hydrogens (tertiary/aromatic N) is 5. The third-order valence-corrected chi connectivity index (χ3v) is 4.04. The summed E-state index contributed by atoms with van der Waals surface area (Å²) >= 11 is 0. The molecule has 0 aliphatic carbocycles. The summed E-state index contributed by atoms with van der Waals surface area (Å²) < 4.78 is 7.16. The summed E-state index contributed by atoms with van der Waals surface area (Å²) in [7, 11) is 0. The highest BCUT2D eigenvalue weighted by atomic mass is 16.6. The Morgan fingerprint density at radius 2 is 2.04 bits per heavy atom. The number of aromatic nitrogens is 3. The van der Waals surface area contributed by atoms with Crippen LogP contribution >= 0.6 is 0 Å².